The highest BCUT2D eigenvalue weighted by Gasteiger charge is 2.36. The molecule has 3 heterocycles. The fourth-order valence-electron chi connectivity index (χ4n) is 4.00. The Morgan fingerprint density at radius 3 is 2.61 bits per heavy atom. The molecule has 4 rings (SSSR count). The van der Waals surface area contributed by atoms with Crippen molar-refractivity contribution in [1.29, 1.82) is 5.26 Å². The van der Waals surface area contributed by atoms with Crippen LogP contribution in [-0.4, -0.2) is 38.8 Å². The molecule has 3 unspecified atom stereocenters. The lowest BCUT2D eigenvalue weighted by atomic mass is 9.81. The number of hydrogen-bond acceptors (Lipinski definition) is 5. The number of nitrogens with one attached hydrogen (secondary N) is 1. The van der Waals surface area contributed by atoms with Crippen molar-refractivity contribution in [1.82, 2.24) is 19.7 Å². The van der Waals surface area contributed by atoms with Gasteiger partial charge in [-0.2, -0.15) is 23.5 Å². The Labute approximate surface area is 161 Å². The van der Waals surface area contributed by atoms with E-state index >= 15 is 0 Å². The summed E-state index contributed by atoms with van der Waals surface area (Å²) in [6, 6.07) is 6.96. The van der Waals surface area contributed by atoms with Crippen LogP contribution in [0.25, 0.3) is 0 Å². The third kappa shape index (κ3) is 3.83. The first-order valence-electron chi connectivity index (χ1n) is 9.43. The Morgan fingerprint density at radius 1 is 1.18 bits per heavy atom. The molecule has 2 aromatic rings. The summed E-state index contributed by atoms with van der Waals surface area (Å²) >= 11 is 0. The Bertz CT molecular complexity index is 850. The molecule has 6 nitrogen and oxygen atoms in total. The second-order valence-corrected chi connectivity index (χ2v) is 7.40. The van der Waals surface area contributed by atoms with Crippen molar-refractivity contribution in [3.8, 4) is 6.07 Å². The van der Waals surface area contributed by atoms with Crippen LogP contribution in [0.2, 0.25) is 0 Å². The molecule has 0 bridgehead atoms. The minimum Gasteiger partial charge on any atom is -0.337 e. The second kappa shape index (κ2) is 7.43. The van der Waals surface area contributed by atoms with E-state index in [-0.39, 0.29) is 12.0 Å². The lowest BCUT2D eigenvalue weighted by Crippen LogP contribution is -2.48. The molecule has 3 atom stereocenters. The van der Waals surface area contributed by atoms with Crippen LogP contribution in [0.4, 0.5) is 24.7 Å². The van der Waals surface area contributed by atoms with Crippen molar-refractivity contribution in [3.63, 3.8) is 0 Å². The van der Waals surface area contributed by atoms with Crippen molar-refractivity contribution in [3.05, 3.63) is 36.3 Å². The molecule has 2 aromatic heterocycles. The first kappa shape index (κ1) is 18.7. The van der Waals surface area contributed by atoms with Crippen molar-refractivity contribution in [2.75, 3.05) is 18.4 Å². The highest BCUT2D eigenvalue weighted by atomic mass is 19.4. The van der Waals surface area contributed by atoms with Crippen LogP contribution in [0, 0.1) is 17.2 Å². The van der Waals surface area contributed by atoms with E-state index in [4.69, 9.17) is 0 Å². The molecular weight excluding hydrogens is 369 g/mol. The SMILES string of the molecule is N#CC1CC(N2CCC2)CCC1n1ccc(Nc2ccc(C(F)(F)F)nc2)n1. The summed E-state index contributed by atoms with van der Waals surface area (Å²) in [5, 5.41) is 17.1. The molecule has 1 aliphatic carbocycles. The monoisotopic (exact) mass is 390 g/mol. The van der Waals surface area contributed by atoms with E-state index in [2.05, 4.69) is 26.4 Å². The standard InChI is InChI=1S/C19H21F3N6/c20-19(21,22)17-5-2-14(12-24-17)25-18-6-9-28(26-18)16-4-3-15(10-13(16)11-23)27-7-1-8-27/h2,5-6,9,12-13,15-16H,1,3-4,7-8,10H2,(H,25,26). The van der Waals surface area contributed by atoms with Crippen molar-refractivity contribution in [2.24, 2.45) is 5.92 Å². The molecule has 1 aliphatic heterocycles. The number of nitrogens with zero attached hydrogens (tertiary/aromatic N) is 5. The smallest absolute Gasteiger partial charge is 0.337 e. The third-order valence-electron chi connectivity index (χ3n) is 5.63. The first-order chi connectivity index (χ1) is 13.4. The van der Waals surface area contributed by atoms with Crippen LogP contribution >= 0.6 is 0 Å². The van der Waals surface area contributed by atoms with Gasteiger partial charge in [-0.25, -0.2) is 4.98 Å². The van der Waals surface area contributed by atoms with E-state index in [1.54, 1.807) is 10.7 Å². The van der Waals surface area contributed by atoms with Crippen LogP contribution in [-0.2, 0) is 6.18 Å². The minimum absolute atomic E-state index is 0.0174. The number of nitriles is 1. The molecule has 28 heavy (non-hydrogen) atoms. The predicted molar refractivity (Wildman–Crippen MR) is 96.7 cm³/mol. The normalized spacial score (nSPS) is 25.7. The Balaban J connectivity index is 1.42. The van der Waals surface area contributed by atoms with Gasteiger partial charge >= 0.3 is 6.18 Å². The molecule has 0 aromatic carbocycles. The van der Waals surface area contributed by atoms with Gasteiger partial charge < -0.3 is 10.2 Å². The van der Waals surface area contributed by atoms with E-state index in [0.29, 0.717) is 17.5 Å². The molecule has 0 spiro atoms. The van der Waals surface area contributed by atoms with Crippen LogP contribution in [0.15, 0.2) is 30.6 Å². The van der Waals surface area contributed by atoms with Crippen LogP contribution in [0.1, 0.15) is 37.4 Å². The van der Waals surface area contributed by atoms with Crippen LogP contribution < -0.4 is 5.32 Å². The largest absolute Gasteiger partial charge is 0.433 e. The highest BCUT2D eigenvalue weighted by Crippen LogP contribution is 2.37. The molecular formula is C19H21F3N6. The summed E-state index contributed by atoms with van der Waals surface area (Å²) in [7, 11) is 0. The van der Waals surface area contributed by atoms with Crippen LogP contribution in [0.3, 0.4) is 0 Å². The number of aromatic nitrogens is 3. The van der Waals surface area contributed by atoms with Gasteiger partial charge in [0.15, 0.2) is 5.82 Å². The van der Waals surface area contributed by atoms with E-state index < -0.39 is 11.9 Å². The Kier molecular flexibility index (Phi) is 4.98. The minimum atomic E-state index is -4.46. The van der Waals surface area contributed by atoms with Gasteiger partial charge in [0.2, 0.25) is 0 Å². The van der Waals surface area contributed by atoms with E-state index in [1.807, 2.05) is 6.20 Å². The topological polar surface area (TPSA) is 69.8 Å². The average molecular weight is 390 g/mol. The van der Waals surface area contributed by atoms with Gasteiger partial charge in [-0.3, -0.25) is 4.68 Å². The maximum Gasteiger partial charge on any atom is 0.433 e. The number of alkyl halides is 3. The molecule has 9 heteroatoms. The lowest BCUT2D eigenvalue weighted by molar-refractivity contribution is -0.141. The average Bonchev–Trinajstić information content (AvgIpc) is 3.08. The Hall–Kier alpha value is -2.60. The van der Waals surface area contributed by atoms with Gasteiger partial charge in [0.25, 0.3) is 0 Å². The fourth-order valence-corrected chi connectivity index (χ4v) is 4.00. The second-order valence-electron chi connectivity index (χ2n) is 7.40. The van der Waals surface area contributed by atoms with E-state index in [9.17, 15) is 18.4 Å². The number of likely N-dealkylation sites (tertiary alicyclic amines) is 1. The third-order valence-corrected chi connectivity index (χ3v) is 5.63. The zero-order valence-electron chi connectivity index (χ0n) is 15.2. The zero-order chi connectivity index (χ0) is 19.7. The van der Waals surface area contributed by atoms with Crippen molar-refractivity contribution in [2.45, 2.75) is 43.9 Å². The van der Waals surface area contributed by atoms with E-state index in [1.165, 1.54) is 12.5 Å². The molecule has 0 amide bonds. The summed E-state index contributed by atoms with van der Waals surface area (Å²) in [5.41, 5.74) is -0.504. The molecule has 0 radical (unpaired) electrons. The van der Waals surface area contributed by atoms with Gasteiger partial charge in [0.1, 0.15) is 5.69 Å². The summed E-state index contributed by atoms with van der Waals surface area (Å²) in [4.78, 5) is 5.89. The van der Waals surface area contributed by atoms with Crippen molar-refractivity contribution >= 4 is 11.5 Å². The summed E-state index contributed by atoms with van der Waals surface area (Å²) in [6.45, 7) is 2.26. The number of halogens is 3. The van der Waals surface area contributed by atoms with Gasteiger partial charge in [0.05, 0.1) is 29.9 Å². The molecule has 1 saturated heterocycles. The fraction of sp³-hybridized carbons (Fsp3) is 0.526. The van der Waals surface area contributed by atoms with Crippen LogP contribution in [0.5, 0.6) is 0 Å². The zero-order valence-corrected chi connectivity index (χ0v) is 15.2. The molecule has 1 saturated carbocycles. The summed E-state index contributed by atoms with van der Waals surface area (Å²) < 4.78 is 39.6. The van der Waals surface area contributed by atoms with Crippen molar-refractivity contribution < 1.29 is 13.2 Å². The maximum absolute atomic E-state index is 12.6. The molecule has 2 fully saturated rings. The summed E-state index contributed by atoms with van der Waals surface area (Å²) in [6.07, 6.45) is 2.53. The number of pyridine rings is 1. The first-order valence-corrected chi connectivity index (χ1v) is 9.43. The quantitative estimate of drug-likeness (QED) is 0.855. The molecule has 1 N–H and O–H groups in total. The van der Waals surface area contributed by atoms with Gasteiger partial charge in [-0.1, -0.05) is 0 Å². The van der Waals surface area contributed by atoms with E-state index in [0.717, 1.165) is 44.6 Å². The highest BCUT2D eigenvalue weighted by molar-refractivity contribution is 5.54. The molecule has 148 valence electrons. The summed E-state index contributed by atoms with van der Waals surface area (Å²) in [5.74, 6) is 0.419. The number of rotatable bonds is 4. The van der Waals surface area contributed by atoms with Gasteiger partial charge in [-0.15, -0.1) is 0 Å². The predicted octanol–water partition coefficient (Wildman–Crippen LogP) is 3.98. The van der Waals surface area contributed by atoms with Gasteiger partial charge in [-0.05, 0) is 50.9 Å². The number of hydrogen-bond donors (Lipinski definition) is 1. The lowest BCUT2D eigenvalue weighted by Gasteiger charge is -2.43. The Morgan fingerprint density at radius 2 is 2.00 bits per heavy atom. The maximum atomic E-state index is 12.6. The van der Waals surface area contributed by atoms with Gasteiger partial charge in [0, 0.05) is 18.3 Å². The molecule has 2 aliphatic rings. The number of anilines is 2.